The van der Waals surface area contributed by atoms with E-state index in [0.29, 0.717) is 12.5 Å². The fourth-order valence-corrected chi connectivity index (χ4v) is 1.80. The first-order valence-corrected chi connectivity index (χ1v) is 7.01. The SMILES string of the molecule is CC(C)COc1ccc(CN=C(N(C)C)N(C)C)cc1.I. The normalized spacial score (nSPS) is 9.86. The van der Waals surface area contributed by atoms with Gasteiger partial charge in [-0.05, 0) is 23.6 Å². The van der Waals surface area contributed by atoms with Gasteiger partial charge in [-0.15, -0.1) is 24.0 Å². The lowest BCUT2D eigenvalue weighted by Gasteiger charge is -2.22. The van der Waals surface area contributed by atoms with Gasteiger partial charge in [0.15, 0.2) is 5.96 Å². The molecule has 0 N–H and O–H groups in total. The largest absolute Gasteiger partial charge is 0.493 e. The Morgan fingerprint density at radius 2 is 1.57 bits per heavy atom. The summed E-state index contributed by atoms with van der Waals surface area (Å²) in [6.07, 6.45) is 0. The molecule has 5 heteroatoms. The van der Waals surface area contributed by atoms with Crippen molar-refractivity contribution in [2.75, 3.05) is 34.8 Å². The van der Waals surface area contributed by atoms with E-state index >= 15 is 0 Å². The second kappa shape index (κ2) is 9.87. The fraction of sp³-hybridized carbons (Fsp3) is 0.562. The van der Waals surface area contributed by atoms with Crippen LogP contribution in [0.3, 0.4) is 0 Å². The highest BCUT2D eigenvalue weighted by atomic mass is 127. The van der Waals surface area contributed by atoms with Crippen LogP contribution in [-0.4, -0.2) is 50.6 Å². The van der Waals surface area contributed by atoms with E-state index < -0.39 is 0 Å². The fourth-order valence-electron chi connectivity index (χ4n) is 1.80. The van der Waals surface area contributed by atoms with Crippen LogP contribution in [-0.2, 0) is 6.54 Å². The van der Waals surface area contributed by atoms with Gasteiger partial charge in [-0.25, -0.2) is 4.99 Å². The molecule has 0 saturated heterocycles. The van der Waals surface area contributed by atoms with Gasteiger partial charge in [-0.2, -0.15) is 0 Å². The molecule has 120 valence electrons. The number of ether oxygens (including phenoxy) is 1. The van der Waals surface area contributed by atoms with E-state index in [1.54, 1.807) is 0 Å². The summed E-state index contributed by atoms with van der Waals surface area (Å²) in [5.74, 6) is 2.43. The molecule has 0 heterocycles. The van der Waals surface area contributed by atoms with Gasteiger partial charge < -0.3 is 14.5 Å². The zero-order valence-electron chi connectivity index (χ0n) is 14.0. The van der Waals surface area contributed by atoms with E-state index in [0.717, 1.165) is 18.3 Å². The molecular formula is C16H28IN3O. The Morgan fingerprint density at radius 3 is 2.00 bits per heavy atom. The van der Waals surface area contributed by atoms with E-state index in [9.17, 15) is 0 Å². The molecule has 0 atom stereocenters. The number of benzene rings is 1. The number of hydrogen-bond donors (Lipinski definition) is 0. The molecule has 21 heavy (non-hydrogen) atoms. The Morgan fingerprint density at radius 1 is 1.05 bits per heavy atom. The zero-order chi connectivity index (χ0) is 15.1. The van der Waals surface area contributed by atoms with Gasteiger partial charge in [0.2, 0.25) is 0 Å². The molecule has 1 aromatic rings. The maximum absolute atomic E-state index is 5.67. The zero-order valence-corrected chi connectivity index (χ0v) is 16.3. The first-order chi connectivity index (χ1) is 9.40. The first kappa shape index (κ1) is 20.0. The lowest BCUT2D eigenvalue weighted by Crippen LogP contribution is -2.35. The van der Waals surface area contributed by atoms with Crippen molar-refractivity contribution in [1.29, 1.82) is 0 Å². The predicted octanol–water partition coefficient (Wildman–Crippen LogP) is 3.32. The van der Waals surface area contributed by atoms with Gasteiger partial charge in [0, 0.05) is 28.2 Å². The average Bonchev–Trinajstić information content (AvgIpc) is 2.37. The summed E-state index contributed by atoms with van der Waals surface area (Å²) < 4.78 is 5.67. The van der Waals surface area contributed by atoms with Crippen LogP contribution in [0.15, 0.2) is 29.3 Å². The van der Waals surface area contributed by atoms with Crippen LogP contribution in [0.4, 0.5) is 0 Å². The lowest BCUT2D eigenvalue weighted by molar-refractivity contribution is 0.271. The van der Waals surface area contributed by atoms with Gasteiger partial charge in [0.25, 0.3) is 0 Å². The Kier molecular flexibility index (Phi) is 9.41. The smallest absolute Gasteiger partial charge is 0.195 e. The van der Waals surface area contributed by atoms with E-state index in [-0.39, 0.29) is 24.0 Å². The van der Waals surface area contributed by atoms with Crippen LogP contribution in [0.2, 0.25) is 0 Å². The summed E-state index contributed by atoms with van der Waals surface area (Å²) in [4.78, 5) is 8.65. The van der Waals surface area contributed by atoms with Crippen molar-refractivity contribution in [3.05, 3.63) is 29.8 Å². The van der Waals surface area contributed by atoms with Gasteiger partial charge in [-0.3, -0.25) is 0 Å². The van der Waals surface area contributed by atoms with E-state index in [4.69, 9.17) is 4.74 Å². The Bertz CT molecular complexity index is 418. The topological polar surface area (TPSA) is 28.1 Å². The Labute approximate surface area is 146 Å². The second-order valence-electron chi connectivity index (χ2n) is 5.75. The van der Waals surface area contributed by atoms with Gasteiger partial charge >= 0.3 is 0 Å². The number of rotatable bonds is 5. The van der Waals surface area contributed by atoms with Crippen LogP contribution < -0.4 is 4.74 Å². The molecule has 1 aromatic carbocycles. The number of guanidine groups is 1. The molecule has 1 rings (SSSR count). The predicted molar refractivity (Wildman–Crippen MR) is 101 cm³/mol. The highest BCUT2D eigenvalue weighted by molar-refractivity contribution is 14.0. The summed E-state index contributed by atoms with van der Waals surface area (Å²) >= 11 is 0. The summed E-state index contributed by atoms with van der Waals surface area (Å²) in [6, 6.07) is 8.17. The molecule has 0 aliphatic rings. The van der Waals surface area contributed by atoms with Crippen molar-refractivity contribution in [2.45, 2.75) is 20.4 Å². The van der Waals surface area contributed by atoms with E-state index in [1.165, 1.54) is 5.56 Å². The van der Waals surface area contributed by atoms with Crippen LogP contribution in [0.5, 0.6) is 5.75 Å². The highest BCUT2D eigenvalue weighted by Crippen LogP contribution is 2.14. The van der Waals surface area contributed by atoms with Gasteiger partial charge in [0.1, 0.15) is 5.75 Å². The molecule has 0 aliphatic heterocycles. The van der Waals surface area contributed by atoms with Crippen molar-refractivity contribution >= 4 is 29.9 Å². The minimum Gasteiger partial charge on any atom is -0.493 e. The third-order valence-electron chi connectivity index (χ3n) is 2.71. The number of halogens is 1. The minimum atomic E-state index is 0. The molecule has 0 amide bonds. The highest BCUT2D eigenvalue weighted by Gasteiger charge is 2.04. The molecule has 0 aliphatic carbocycles. The lowest BCUT2D eigenvalue weighted by atomic mass is 10.2. The molecule has 4 nitrogen and oxygen atoms in total. The maximum Gasteiger partial charge on any atom is 0.195 e. The van der Waals surface area contributed by atoms with Crippen LogP contribution in [0.1, 0.15) is 19.4 Å². The number of nitrogens with zero attached hydrogens (tertiary/aromatic N) is 3. The monoisotopic (exact) mass is 405 g/mol. The molecule has 0 aromatic heterocycles. The summed E-state index contributed by atoms with van der Waals surface area (Å²) in [5, 5.41) is 0. The van der Waals surface area contributed by atoms with Crippen molar-refractivity contribution in [3.63, 3.8) is 0 Å². The third-order valence-corrected chi connectivity index (χ3v) is 2.71. The van der Waals surface area contributed by atoms with Gasteiger partial charge in [0.05, 0.1) is 13.2 Å². The maximum atomic E-state index is 5.67. The van der Waals surface area contributed by atoms with Crippen molar-refractivity contribution in [1.82, 2.24) is 9.80 Å². The standard InChI is InChI=1S/C16H27N3O.HI/c1-13(2)12-20-15-9-7-14(8-10-15)11-17-16(18(3)4)19(5)6;/h7-10,13H,11-12H2,1-6H3;1H. The molecule has 0 spiro atoms. The van der Waals surface area contributed by atoms with Crippen LogP contribution in [0.25, 0.3) is 0 Å². The Hall–Kier alpha value is -0.980. The van der Waals surface area contributed by atoms with Crippen molar-refractivity contribution in [3.8, 4) is 5.75 Å². The third kappa shape index (κ3) is 7.55. The molecule has 0 radical (unpaired) electrons. The molecular weight excluding hydrogens is 377 g/mol. The molecule has 0 saturated carbocycles. The molecule has 0 unspecified atom stereocenters. The molecule has 0 fully saturated rings. The second-order valence-corrected chi connectivity index (χ2v) is 5.75. The molecule has 0 bridgehead atoms. The van der Waals surface area contributed by atoms with Gasteiger partial charge in [-0.1, -0.05) is 26.0 Å². The number of aliphatic imine (C=N–C) groups is 1. The number of hydrogen-bond acceptors (Lipinski definition) is 2. The van der Waals surface area contributed by atoms with Crippen LogP contribution in [0, 0.1) is 5.92 Å². The van der Waals surface area contributed by atoms with Crippen molar-refractivity contribution in [2.24, 2.45) is 10.9 Å². The first-order valence-electron chi connectivity index (χ1n) is 7.01. The summed E-state index contributed by atoms with van der Waals surface area (Å²) in [7, 11) is 8.01. The van der Waals surface area contributed by atoms with Crippen molar-refractivity contribution < 1.29 is 4.74 Å². The van der Waals surface area contributed by atoms with E-state index in [1.807, 2.05) is 50.1 Å². The van der Waals surface area contributed by atoms with Crippen LogP contribution >= 0.6 is 24.0 Å². The summed E-state index contributed by atoms with van der Waals surface area (Å²) in [6.45, 7) is 5.72. The summed E-state index contributed by atoms with van der Waals surface area (Å²) in [5.41, 5.74) is 1.18. The average molecular weight is 405 g/mol. The minimum absolute atomic E-state index is 0. The quantitative estimate of drug-likeness (QED) is 0.428. The Balaban J connectivity index is 0.00000400. The van der Waals surface area contributed by atoms with E-state index in [2.05, 4.69) is 31.0 Å².